The third-order valence-electron chi connectivity index (χ3n) is 5.40. The second kappa shape index (κ2) is 6.31. The van der Waals surface area contributed by atoms with Gasteiger partial charge in [0.25, 0.3) is 0 Å². The molecular formula is C26H20. The molecule has 4 aromatic carbocycles. The van der Waals surface area contributed by atoms with Crippen molar-refractivity contribution < 1.29 is 0 Å². The van der Waals surface area contributed by atoms with Gasteiger partial charge in [0.1, 0.15) is 0 Å². The normalized spacial score (nSPS) is 12.9. The van der Waals surface area contributed by atoms with Crippen LogP contribution in [-0.2, 0) is 12.8 Å². The van der Waals surface area contributed by atoms with E-state index in [-0.39, 0.29) is 0 Å². The first-order chi connectivity index (χ1) is 12.9. The summed E-state index contributed by atoms with van der Waals surface area (Å²) in [7, 11) is 0. The van der Waals surface area contributed by atoms with Crippen LogP contribution in [0, 0.1) is 0 Å². The molecule has 124 valence electrons. The summed E-state index contributed by atoms with van der Waals surface area (Å²) in [5, 5.41) is 2.76. The average Bonchev–Trinajstić information content (AvgIpc) is 3.33. The van der Waals surface area contributed by atoms with Crippen LogP contribution in [0.5, 0.6) is 0 Å². The average molecular weight is 332 g/mol. The summed E-state index contributed by atoms with van der Waals surface area (Å²) in [5.41, 5.74) is 8.63. The van der Waals surface area contributed by atoms with Crippen molar-refractivity contribution in [3.63, 3.8) is 0 Å². The lowest BCUT2D eigenvalue weighted by molar-refractivity contribution is 1.26. The van der Waals surface area contributed by atoms with Gasteiger partial charge in [0.2, 0.25) is 0 Å². The van der Waals surface area contributed by atoms with Gasteiger partial charge in [-0.15, -0.1) is 0 Å². The molecule has 0 fully saturated rings. The molecule has 0 spiro atoms. The Morgan fingerprint density at radius 2 is 1.23 bits per heavy atom. The fourth-order valence-corrected chi connectivity index (χ4v) is 4.12. The molecule has 0 saturated heterocycles. The maximum absolute atomic E-state index is 2.23. The van der Waals surface area contributed by atoms with Gasteiger partial charge in [0.15, 0.2) is 0 Å². The van der Waals surface area contributed by atoms with Crippen molar-refractivity contribution in [3.05, 3.63) is 113 Å². The van der Waals surface area contributed by atoms with Crippen molar-refractivity contribution in [2.75, 3.05) is 0 Å². The van der Waals surface area contributed by atoms with Gasteiger partial charge in [-0.25, -0.2) is 0 Å². The van der Waals surface area contributed by atoms with Gasteiger partial charge < -0.3 is 0 Å². The van der Waals surface area contributed by atoms with Crippen molar-refractivity contribution in [2.24, 2.45) is 0 Å². The molecule has 0 N–H and O–H groups in total. The van der Waals surface area contributed by atoms with Crippen LogP contribution in [0.25, 0.3) is 28.0 Å². The van der Waals surface area contributed by atoms with Gasteiger partial charge in [0.05, 0.1) is 0 Å². The van der Waals surface area contributed by atoms with E-state index in [4.69, 9.17) is 0 Å². The molecule has 2 aliphatic carbocycles. The van der Waals surface area contributed by atoms with Gasteiger partial charge >= 0.3 is 0 Å². The lowest BCUT2D eigenvalue weighted by atomic mass is 10.0. The van der Waals surface area contributed by atoms with Gasteiger partial charge in [-0.3, -0.25) is 0 Å². The molecular weight excluding hydrogens is 312 g/mol. The summed E-state index contributed by atoms with van der Waals surface area (Å²) in [4.78, 5) is 0. The molecule has 0 nitrogen and oxygen atoms in total. The molecule has 0 saturated carbocycles. The Balaban J connectivity index is 0.000000115. The molecule has 26 heavy (non-hydrogen) atoms. The first-order valence-electron chi connectivity index (χ1n) is 9.23. The van der Waals surface area contributed by atoms with E-state index in [2.05, 4.69) is 97.1 Å². The zero-order chi connectivity index (χ0) is 17.3. The Morgan fingerprint density at radius 3 is 2.00 bits per heavy atom. The van der Waals surface area contributed by atoms with Crippen LogP contribution in [-0.4, -0.2) is 0 Å². The third-order valence-corrected chi connectivity index (χ3v) is 5.40. The van der Waals surface area contributed by atoms with Crippen molar-refractivity contribution in [3.8, 4) is 11.1 Å². The lowest BCUT2D eigenvalue weighted by Crippen LogP contribution is -1.83. The highest BCUT2D eigenvalue weighted by Crippen LogP contribution is 2.35. The van der Waals surface area contributed by atoms with E-state index in [0.29, 0.717) is 0 Å². The van der Waals surface area contributed by atoms with Crippen molar-refractivity contribution in [2.45, 2.75) is 12.8 Å². The van der Waals surface area contributed by atoms with Gasteiger partial charge in [0, 0.05) is 0 Å². The maximum atomic E-state index is 2.23. The van der Waals surface area contributed by atoms with Crippen LogP contribution < -0.4 is 0 Å². The molecule has 6 rings (SSSR count). The maximum Gasteiger partial charge on any atom is -0.00135 e. The monoisotopic (exact) mass is 332 g/mol. The minimum atomic E-state index is 1.09. The van der Waals surface area contributed by atoms with Gasteiger partial charge in [-0.1, -0.05) is 97.1 Å². The number of benzene rings is 4. The molecule has 0 heteroatoms. The summed E-state index contributed by atoms with van der Waals surface area (Å²) >= 11 is 0. The molecule has 0 aliphatic heterocycles. The highest BCUT2D eigenvalue weighted by molar-refractivity contribution is 5.90. The zero-order valence-corrected chi connectivity index (χ0v) is 14.7. The molecule has 0 heterocycles. The molecule has 0 aromatic heterocycles. The first-order valence-corrected chi connectivity index (χ1v) is 9.23. The Kier molecular flexibility index (Phi) is 3.68. The number of hydrogen-bond acceptors (Lipinski definition) is 0. The van der Waals surface area contributed by atoms with Crippen LogP contribution in [0.1, 0.15) is 22.3 Å². The topological polar surface area (TPSA) is 0 Å². The number of hydrogen-bond donors (Lipinski definition) is 0. The first kappa shape index (κ1) is 15.2. The summed E-state index contributed by atoms with van der Waals surface area (Å²) in [6.07, 6.45) is 6.64. The summed E-state index contributed by atoms with van der Waals surface area (Å²) in [6.45, 7) is 0. The minimum Gasteiger partial charge on any atom is -0.0795 e. The molecule has 2 aliphatic rings. The van der Waals surface area contributed by atoms with E-state index in [0.717, 1.165) is 12.8 Å². The van der Waals surface area contributed by atoms with Crippen LogP contribution in [0.3, 0.4) is 0 Å². The van der Waals surface area contributed by atoms with Crippen molar-refractivity contribution in [1.29, 1.82) is 0 Å². The van der Waals surface area contributed by atoms with Gasteiger partial charge in [-0.05, 0) is 57.0 Å². The van der Waals surface area contributed by atoms with E-state index in [1.54, 1.807) is 0 Å². The van der Waals surface area contributed by atoms with Crippen LogP contribution in [0.4, 0.5) is 0 Å². The third kappa shape index (κ3) is 2.55. The summed E-state index contributed by atoms with van der Waals surface area (Å²) in [5.74, 6) is 0. The lowest BCUT2D eigenvalue weighted by Gasteiger charge is -2.03. The second-order valence-corrected chi connectivity index (χ2v) is 6.95. The molecule has 4 aromatic rings. The van der Waals surface area contributed by atoms with Crippen molar-refractivity contribution in [1.82, 2.24) is 0 Å². The number of allylic oxidation sites excluding steroid dienone is 1. The molecule has 0 unspecified atom stereocenters. The largest absolute Gasteiger partial charge is 0.0795 e. The standard InChI is InChI=1S/2C13H10/c1-3-7-12-10(5-1)9-11-6-2-4-8-13(11)12;1-2-6-12-10(4-1)8-9-11-5-3-7-13(11)12/h1-8H,9H2;1-6,8-9H,7H2. The fourth-order valence-electron chi connectivity index (χ4n) is 4.12. The van der Waals surface area contributed by atoms with Crippen LogP contribution >= 0.6 is 0 Å². The minimum absolute atomic E-state index is 1.09. The molecule has 0 atom stereocenters. The Labute approximate surface area is 154 Å². The zero-order valence-electron chi connectivity index (χ0n) is 14.7. The number of fused-ring (bicyclic) bond motifs is 6. The van der Waals surface area contributed by atoms with E-state index in [1.807, 2.05) is 0 Å². The second-order valence-electron chi connectivity index (χ2n) is 6.95. The molecule has 0 amide bonds. The Hall–Kier alpha value is -3.12. The van der Waals surface area contributed by atoms with E-state index >= 15 is 0 Å². The molecule has 0 bridgehead atoms. The predicted octanol–water partition coefficient (Wildman–Crippen LogP) is 6.67. The van der Waals surface area contributed by atoms with E-state index in [1.165, 1.54) is 44.2 Å². The summed E-state index contributed by atoms with van der Waals surface area (Å²) in [6, 6.07) is 30.3. The SMILES string of the molecule is C1=Cc2ccc3ccccc3c2C1.c1ccc2c(c1)Cc1ccccc1-2. The van der Waals surface area contributed by atoms with Crippen LogP contribution in [0.2, 0.25) is 0 Å². The van der Waals surface area contributed by atoms with Crippen molar-refractivity contribution >= 4 is 16.8 Å². The highest BCUT2D eigenvalue weighted by Gasteiger charge is 2.15. The van der Waals surface area contributed by atoms with E-state index in [9.17, 15) is 0 Å². The highest BCUT2D eigenvalue weighted by atomic mass is 14.2. The Bertz CT molecular complexity index is 1090. The fraction of sp³-hybridized carbons (Fsp3) is 0.0769. The Morgan fingerprint density at radius 1 is 0.577 bits per heavy atom. The van der Waals surface area contributed by atoms with Crippen LogP contribution in [0.15, 0.2) is 91.0 Å². The summed E-state index contributed by atoms with van der Waals surface area (Å²) < 4.78 is 0. The molecule has 0 radical (unpaired) electrons. The van der Waals surface area contributed by atoms with Gasteiger partial charge in [-0.2, -0.15) is 0 Å². The van der Waals surface area contributed by atoms with E-state index < -0.39 is 0 Å². The quantitative estimate of drug-likeness (QED) is 0.297. The number of rotatable bonds is 0. The smallest absolute Gasteiger partial charge is 0.00135 e. The predicted molar refractivity (Wildman–Crippen MR) is 111 cm³/mol.